The summed E-state index contributed by atoms with van der Waals surface area (Å²) in [6.45, 7) is 5.51. The first-order chi connectivity index (χ1) is 6.09. The zero-order valence-corrected chi connectivity index (χ0v) is 8.08. The van der Waals surface area contributed by atoms with Gasteiger partial charge in [-0.1, -0.05) is 12.2 Å². The summed E-state index contributed by atoms with van der Waals surface area (Å²) in [5, 5.41) is 0. The van der Waals surface area contributed by atoms with E-state index in [2.05, 4.69) is 16.1 Å². The third kappa shape index (κ3) is 3.13. The Morgan fingerprint density at radius 1 is 1.85 bits per heavy atom. The maximum absolute atomic E-state index is 11.2. The lowest BCUT2D eigenvalue weighted by molar-refractivity contribution is 0.126. The van der Waals surface area contributed by atoms with Crippen molar-refractivity contribution in [1.29, 1.82) is 0 Å². The Morgan fingerprint density at radius 3 is 3.00 bits per heavy atom. The quantitative estimate of drug-likeness (QED) is 0.398. The fourth-order valence-electron chi connectivity index (χ4n) is 0.679. The standard InChI is InChI=1S/C7H10O5P/c1-5(2)3-11-13(9)6-4-10-7(8)12-6/h6H,1,3-4H2,2H3/q+1. The molecule has 5 nitrogen and oxygen atoms in total. The van der Waals surface area contributed by atoms with Crippen LogP contribution in [0.4, 0.5) is 4.79 Å². The Hall–Kier alpha value is -0.930. The van der Waals surface area contributed by atoms with Crippen molar-refractivity contribution < 1.29 is 23.4 Å². The number of hydrogen-bond acceptors (Lipinski definition) is 5. The third-order valence-corrected chi connectivity index (χ3v) is 2.36. The molecule has 1 heterocycles. The lowest BCUT2D eigenvalue weighted by Gasteiger charge is -1.93. The molecule has 1 rings (SSSR count). The number of cyclic esters (lactones) is 2. The molecular weight excluding hydrogens is 195 g/mol. The lowest BCUT2D eigenvalue weighted by atomic mass is 10.4. The minimum atomic E-state index is -2.02. The van der Waals surface area contributed by atoms with Crippen LogP contribution in [0.15, 0.2) is 12.2 Å². The molecule has 0 radical (unpaired) electrons. The minimum absolute atomic E-state index is 0.00969. The van der Waals surface area contributed by atoms with Crippen molar-refractivity contribution in [2.75, 3.05) is 13.2 Å². The summed E-state index contributed by atoms with van der Waals surface area (Å²) >= 11 is 0. The molecule has 1 aliphatic heterocycles. The summed E-state index contributed by atoms with van der Waals surface area (Å²) in [5.74, 6) is -0.776. The maximum Gasteiger partial charge on any atom is 0.557 e. The van der Waals surface area contributed by atoms with E-state index in [0.29, 0.717) is 0 Å². The largest absolute Gasteiger partial charge is 0.557 e. The first-order valence-corrected chi connectivity index (χ1v) is 4.91. The topological polar surface area (TPSA) is 61.8 Å². The summed E-state index contributed by atoms with van der Waals surface area (Å²) in [7, 11) is -2.02. The van der Waals surface area contributed by atoms with Gasteiger partial charge in [-0.15, -0.1) is 4.52 Å². The summed E-state index contributed by atoms with van der Waals surface area (Å²) < 4.78 is 25.1. The first kappa shape index (κ1) is 10.2. The lowest BCUT2D eigenvalue weighted by Crippen LogP contribution is -2.05. The second-order valence-corrected chi connectivity index (χ2v) is 4.05. The van der Waals surface area contributed by atoms with Gasteiger partial charge in [0.05, 0.1) is 0 Å². The van der Waals surface area contributed by atoms with E-state index in [0.717, 1.165) is 5.57 Å². The molecule has 1 fully saturated rings. The summed E-state index contributed by atoms with van der Waals surface area (Å²) in [6.07, 6.45) is -0.799. The van der Waals surface area contributed by atoms with Crippen LogP contribution in [-0.2, 0) is 18.6 Å². The molecule has 0 aromatic heterocycles. The predicted molar refractivity (Wildman–Crippen MR) is 44.6 cm³/mol. The van der Waals surface area contributed by atoms with Crippen LogP contribution in [0.25, 0.3) is 0 Å². The molecule has 1 saturated heterocycles. The van der Waals surface area contributed by atoms with E-state index in [1.54, 1.807) is 6.92 Å². The average Bonchev–Trinajstić information content (AvgIpc) is 2.47. The normalized spacial score (nSPS) is 22.1. The molecule has 0 aromatic carbocycles. The zero-order chi connectivity index (χ0) is 9.84. The van der Waals surface area contributed by atoms with Gasteiger partial charge in [0, 0.05) is 0 Å². The van der Waals surface area contributed by atoms with Gasteiger partial charge in [-0.3, -0.25) is 0 Å². The van der Waals surface area contributed by atoms with Crippen molar-refractivity contribution in [3.05, 3.63) is 12.2 Å². The van der Waals surface area contributed by atoms with Crippen molar-refractivity contribution in [2.45, 2.75) is 12.8 Å². The third-order valence-electron chi connectivity index (χ3n) is 1.25. The van der Waals surface area contributed by atoms with Crippen LogP contribution in [0.5, 0.6) is 0 Å². The Morgan fingerprint density at radius 2 is 2.54 bits per heavy atom. The maximum atomic E-state index is 11.2. The molecule has 0 N–H and O–H groups in total. The fourth-order valence-corrected chi connectivity index (χ4v) is 1.56. The molecule has 2 unspecified atom stereocenters. The fraction of sp³-hybridized carbons (Fsp3) is 0.571. The van der Waals surface area contributed by atoms with E-state index in [1.807, 2.05) is 0 Å². The van der Waals surface area contributed by atoms with Crippen molar-refractivity contribution in [2.24, 2.45) is 0 Å². The second-order valence-electron chi connectivity index (χ2n) is 2.65. The van der Waals surface area contributed by atoms with Gasteiger partial charge in [-0.05, 0) is 11.5 Å². The molecule has 0 saturated carbocycles. The highest BCUT2D eigenvalue weighted by molar-refractivity contribution is 7.39. The molecule has 13 heavy (non-hydrogen) atoms. The van der Waals surface area contributed by atoms with Gasteiger partial charge in [-0.25, -0.2) is 4.79 Å². The van der Waals surface area contributed by atoms with Gasteiger partial charge in [-0.2, -0.15) is 0 Å². The highest BCUT2D eigenvalue weighted by Crippen LogP contribution is 2.33. The summed E-state index contributed by atoms with van der Waals surface area (Å²) in [5.41, 5.74) is 0.758. The van der Waals surface area contributed by atoms with Crippen molar-refractivity contribution >= 4 is 14.2 Å². The Balaban J connectivity index is 2.31. The molecule has 0 amide bonds. The first-order valence-electron chi connectivity index (χ1n) is 3.66. The number of rotatable bonds is 4. The smallest absolute Gasteiger partial charge is 0.425 e. The molecule has 0 bridgehead atoms. The van der Waals surface area contributed by atoms with Crippen molar-refractivity contribution in [3.63, 3.8) is 0 Å². The molecule has 1 aliphatic rings. The van der Waals surface area contributed by atoms with E-state index in [4.69, 9.17) is 4.52 Å². The van der Waals surface area contributed by atoms with Crippen LogP contribution in [0, 0.1) is 0 Å². The van der Waals surface area contributed by atoms with Gasteiger partial charge in [0.2, 0.25) is 0 Å². The molecule has 0 aliphatic carbocycles. The minimum Gasteiger partial charge on any atom is -0.425 e. The molecule has 0 aromatic rings. The van der Waals surface area contributed by atoms with Crippen LogP contribution < -0.4 is 0 Å². The Labute approximate surface area is 76.5 Å². The van der Waals surface area contributed by atoms with Crippen LogP contribution in [0.3, 0.4) is 0 Å². The molecule has 2 atom stereocenters. The summed E-state index contributed by atoms with van der Waals surface area (Å²) in [4.78, 5) is 10.4. The number of carbonyl (C=O) groups excluding carboxylic acids is 1. The molecule has 6 heteroatoms. The van der Waals surface area contributed by atoms with E-state index < -0.39 is 20.0 Å². The SMILES string of the molecule is C=C(C)CO[P+](=O)C1COC(=O)O1. The molecule has 0 spiro atoms. The summed E-state index contributed by atoms with van der Waals surface area (Å²) in [6, 6.07) is 0. The number of carbonyl (C=O) groups is 1. The molecule has 72 valence electrons. The second kappa shape index (κ2) is 4.35. The number of hydrogen-bond donors (Lipinski definition) is 0. The van der Waals surface area contributed by atoms with E-state index in [9.17, 15) is 9.36 Å². The van der Waals surface area contributed by atoms with E-state index >= 15 is 0 Å². The highest BCUT2D eigenvalue weighted by Gasteiger charge is 2.43. The van der Waals surface area contributed by atoms with Crippen molar-refractivity contribution in [1.82, 2.24) is 0 Å². The van der Waals surface area contributed by atoms with Crippen LogP contribution in [0.1, 0.15) is 6.92 Å². The molecular formula is C7H10O5P+. The van der Waals surface area contributed by atoms with Crippen molar-refractivity contribution in [3.8, 4) is 0 Å². The van der Waals surface area contributed by atoms with Gasteiger partial charge in [0.25, 0.3) is 0 Å². The van der Waals surface area contributed by atoms with Gasteiger partial charge in [0.1, 0.15) is 6.61 Å². The highest BCUT2D eigenvalue weighted by atomic mass is 31.1. The Kier molecular flexibility index (Phi) is 3.39. The van der Waals surface area contributed by atoms with Crippen LogP contribution in [-0.4, -0.2) is 25.2 Å². The average molecular weight is 205 g/mol. The zero-order valence-electron chi connectivity index (χ0n) is 7.19. The van der Waals surface area contributed by atoms with Gasteiger partial charge < -0.3 is 9.47 Å². The van der Waals surface area contributed by atoms with Gasteiger partial charge in [0.15, 0.2) is 6.61 Å². The van der Waals surface area contributed by atoms with Gasteiger partial charge >= 0.3 is 20.0 Å². The van der Waals surface area contributed by atoms with E-state index in [1.165, 1.54) is 0 Å². The van der Waals surface area contributed by atoms with Crippen LogP contribution in [0.2, 0.25) is 0 Å². The van der Waals surface area contributed by atoms with Crippen LogP contribution >= 0.6 is 8.03 Å². The monoisotopic (exact) mass is 205 g/mol. The predicted octanol–water partition coefficient (Wildman–Crippen LogP) is 1.81. The van der Waals surface area contributed by atoms with E-state index in [-0.39, 0.29) is 13.2 Å². The number of ether oxygens (including phenoxy) is 2. The Bertz CT molecular complexity index is 249.